The molecule has 0 aromatic heterocycles. The average molecular weight is 436 g/mol. The number of nitrogens with one attached hydrogen (secondary N) is 1. The van der Waals surface area contributed by atoms with Gasteiger partial charge in [-0.1, -0.05) is 55.8 Å². The first-order chi connectivity index (χ1) is 15.5. The number of hydrogen-bond donors (Lipinski definition) is 2. The molecule has 6 heteroatoms. The van der Waals surface area contributed by atoms with Gasteiger partial charge in [-0.05, 0) is 49.4 Å². The molecule has 0 bridgehead atoms. The van der Waals surface area contributed by atoms with E-state index in [9.17, 15) is 14.4 Å². The van der Waals surface area contributed by atoms with Gasteiger partial charge in [0.1, 0.15) is 0 Å². The van der Waals surface area contributed by atoms with Crippen molar-refractivity contribution in [3.63, 3.8) is 0 Å². The number of unbranched alkanes of at least 4 members (excludes halogenated alkanes) is 1. The lowest BCUT2D eigenvalue weighted by Crippen LogP contribution is -2.39. The predicted molar refractivity (Wildman–Crippen MR) is 126 cm³/mol. The predicted octanol–water partition coefficient (Wildman–Crippen LogP) is 4.08. The van der Waals surface area contributed by atoms with E-state index in [0.29, 0.717) is 17.8 Å². The second-order valence-electron chi connectivity index (χ2n) is 8.46. The molecule has 0 radical (unpaired) electrons. The summed E-state index contributed by atoms with van der Waals surface area (Å²) in [5, 5.41) is 2.93. The Morgan fingerprint density at radius 3 is 2.53 bits per heavy atom. The maximum atomic E-state index is 12.5. The van der Waals surface area contributed by atoms with Crippen LogP contribution in [0.3, 0.4) is 0 Å². The number of ketones is 1. The van der Waals surface area contributed by atoms with Crippen LogP contribution in [0.2, 0.25) is 0 Å². The number of likely N-dealkylation sites (tertiary alicyclic amines) is 1. The quantitative estimate of drug-likeness (QED) is 0.520. The van der Waals surface area contributed by atoms with Gasteiger partial charge in [-0.15, -0.1) is 0 Å². The van der Waals surface area contributed by atoms with Crippen LogP contribution < -0.4 is 11.1 Å². The Hall–Kier alpha value is -2.99. The van der Waals surface area contributed by atoms with Crippen LogP contribution in [-0.2, 0) is 22.6 Å². The van der Waals surface area contributed by atoms with Crippen LogP contribution in [0.1, 0.15) is 66.9 Å². The lowest BCUT2D eigenvalue weighted by atomic mass is 10.0. The number of para-hydroxylation sites is 1. The molecule has 32 heavy (non-hydrogen) atoms. The zero-order valence-electron chi connectivity index (χ0n) is 18.8. The molecule has 1 aliphatic rings. The number of primary amides is 1. The molecule has 3 rings (SSSR count). The molecule has 0 saturated carbocycles. The number of hydrogen-bond acceptors (Lipinski definition) is 4. The Balaban J connectivity index is 1.54. The van der Waals surface area contributed by atoms with E-state index in [1.807, 2.05) is 48.5 Å². The number of aryl methyl sites for hydroxylation is 1. The summed E-state index contributed by atoms with van der Waals surface area (Å²) in [6.45, 7) is 3.51. The van der Waals surface area contributed by atoms with Crippen molar-refractivity contribution in [1.29, 1.82) is 0 Å². The van der Waals surface area contributed by atoms with Crippen molar-refractivity contribution in [1.82, 2.24) is 4.90 Å². The van der Waals surface area contributed by atoms with Crippen molar-refractivity contribution in [3.8, 4) is 0 Å². The fraction of sp³-hybridized carbons (Fsp3) is 0.423. The number of nitrogens with zero attached hydrogens (tertiary/aromatic N) is 1. The van der Waals surface area contributed by atoms with Crippen molar-refractivity contribution < 1.29 is 14.4 Å². The molecule has 0 spiro atoms. The van der Waals surface area contributed by atoms with E-state index in [4.69, 9.17) is 5.73 Å². The first-order valence-electron chi connectivity index (χ1n) is 11.5. The number of Topliss-reactive ketones (excluding diaryl/α,β-unsaturated/α-hetero) is 1. The zero-order chi connectivity index (χ0) is 22.9. The molecule has 170 valence electrons. The number of carbonyl (C=O) groups is 3. The summed E-state index contributed by atoms with van der Waals surface area (Å²) in [6.07, 6.45) is 5.29. The third-order valence-electron chi connectivity index (χ3n) is 6.03. The molecule has 3 N–H and O–H groups in total. The average Bonchev–Trinajstić information content (AvgIpc) is 3.26. The van der Waals surface area contributed by atoms with Gasteiger partial charge in [0.05, 0.1) is 6.04 Å². The number of anilines is 1. The van der Waals surface area contributed by atoms with Gasteiger partial charge in [0.15, 0.2) is 5.78 Å². The van der Waals surface area contributed by atoms with Gasteiger partial charge in [-0.25, -0.2) is 0 Å². The third-order valence-corrected chi connectivity index (χ3v) is 6.03. The molecule has 1 saturated heterocycles. The molecular weight excluding hydrogens is 402 g/mol. The van der Waals surface area contributed by atoms with Crippen LogP contribution in [0.5, 0.6) is 0 Å². The number of nitrogens with two attached hydrogens (primary N) is 1. The van der Waals surface area contributed by atoms with Gasteiger partial charge in [-0.2, -0.15) is 0 Å². The van der Waals surface area contributed by atoms with Gasteiger partial charge in [-0.3, -0.25) is 19.3 Å². The van der Waals surface area contributed by atoms with Gasteiger partial charge < -0.3 is 11.1 Å². The van der Waals surface area contributed by atoms with Crippen molar-refractivity contribution in [2.24, 2.45) is 5.73 Å². The summed E-state index contributed by atoms with van der Waals surface area (Å²) in [7, 11) is 0. The fourth-order valence-electron chi connectivity index (χ4n) is 4.16. The normalized spacial score (nSPS) is 16.1. The lowest BCUT2D eigenvalue weighted by Gasteiger charge is -2.23. The van der Waals surface area contributed by atoms with Crippen LogP contribution in [0.4, 0.5) is 5.69 Å². The standard InChI is InChI=1S/C26H33N3O3/c1-2-3-7-19-11-13-20(14-12-19)24(30)15-16-25(31)28-22-9-5-4-8-21(22)18-29-17-6-10-23(29)26(27)32/h4-5,8-9,11-14,23H,2-3,6-7,10,15-18H2,1H3,(H2,27,32)(H,28,31). The lowest BCUT2D eigenvalue weighted by molar-refractivity contribution is -0.122. The highest BCUT2D eigenvalue weighted by molar-refractivity contribution is 6.00. The summed E-state index contributed by atoms with van der Waals surface area (Å²) >= 11 is 0. The van der Waals surface area contributed by atoms with Crippen LogP contribution >= 0.6 is 0 Å². The van der Waals surface area contributed by atoms with E-state index in [2.05, 4.69) is 17.1 Å². The summed E-state index contributed by atoms with van der Waals surface area (Å²) in [6, 6.07) is 15.0. The Bertz CT molecular complexity index is 940. The highest BCUT2D eigenvalue weighted by Gasteiger charge is 2.29. The largest absolute Gasteiger partial charge is 0.368 e. The van der Waals surface area contributed by atoms with Crippen LogP contribution in [0.15, 0.2) is 48.5 Å². The van der Waals surface area contributed by atoms with Crippen molar-refractivity contribution in [2.45, 2.75) is 64.5 Å². The number of rotatable bonds is 11. The summed E-state index contributed by atoms with van der Waals surface area (Å²) in [5.41, 5.74) is 9.04. The molecule has 1 fully saturated rings. The monoisotopic (exact) mass is 435 g/mol. The summed E-state index contributed by atoms with van der Waals surface area (Å²) in [5.74, 6) is -0.531. The highest BCUT2D eigenvalue weighted by atomic mass is 16.2. The smallest absolute Gasteiger partial charge is 0.234 e. The number of benzene rings is 2. The molecular formula is C26H33N3O3. The van der Waals surface area contributed by atoms with E-state index >= 15 is 0 Å². The zero-order valence-corrected chi connectivity index (χ0v) is 18.8. The molecule has 1 unspecified atom stereocenters. The van der Waals surface area contributed by atoms with Crippen LogP contribution in [0, 0.1) is 0 Å². The van der Waals surface area contributed by atoms with E-state index in [1.165, 1.54) is 5.56 Å². The molecule has 1 atom stereocenters. The van der Waals surface area contributed by atoms with Crippen molar-refractivity contribution in [3.05, 3.63) is 65.2 Å². The maximum Gasteiger partial charge on any atom is 0.234 e. The molecule has 2 amide bonds. The molecule has 6 nitrogen and oxygen atoms in total. The van der Waals surface area contributed by atoms with E-state index < -0.39 is 0 Å². The molecule has 1 heterocycles. The van der Waals surface area contributed by atoms with Crippen molar-refractivity contribution >= 4 is 23.3 Å². The number of amides is 2. The Kier molecular flexibility index (Phi) is 8.56. The first kappa shape index (κ1) is 23.7. The third kappa shape index (κ3) is 6.50. The van der Waals surface area contributed by atoms with Gasteiger partial charge >= 0.3 is 0 Å². The highest BCUT2D eigenvalue weighted by Crippen LogP contribution is 2.24. The topological polar surface area (TPSA) is 92.5 Å². The van der Waals surface area contributed by atoms with Crippen molar-refractivity contribution in [2.75, 3.05) is 11.9 Å². The second-order valence-corrected chi connectivity index (χ2v) is 8.46. The molecule has 1 aliphatic heterocycles. The summed E-state index contributed by atoms with van der Waals surface area (Å²) in [4.78, 5) is 38.8. The van der Waals surface area contributed by atoms with Crippen LogP contribution in [-0.4, -0.2) is 35.1 Å². The second kappa shape index (κ2) is 11.6. The Labute approximate surface area is 190 Å². The summed E-state index contributed by atoms with van der Waals surface area (Å²) < 4.78 is 0. The number of carbonyl (C=O) groups excluding carboxylic acids is 3. The minimum atomic E-state index is -0.305. The minimum Gasteiger partial charge on any atom is -0.368 e. The molecule has 2 aromatic rings. The van der Waals surface area contributed by atoms with Crippen LogP contribution in [0.25, 0.3) is 0 Å². The Morgan fingerprint density at radius 2 is 1.81 bits per heavy atom. The van der Waals surface area contributed by atoms with Gasteiger partial charge in [0, 0.05) is 30.6 Å². The Morgan fingerprint density at radius 1 is 1.06 bits per heavy atom. The molecule has 2 aromatic carbocycles. The fourth-order valence-corrected chi connectivity index (χ4v) is 4.16. The molecule has 0 aliphatic carbocycles. The van der Waals surface area contributed by atoms with E-state index in [1.54, 1.807) is 0 Å². The van der Waals surface area contributed by atoms with E-state index in [-0.39, 0.29) is 36.5 Å². The SMILES string of the molecule is CCCCc1ccc(C(=O)CCC(=O)Nc2ccccc2CN2CCCC2C(N)=O)cc1. The first-order valence-corrected chi connectivity index (χ1v) is 11.5. The minimum absolute atomic E-state index is 0.0307. The van der Waals surface area contributed by atoms with E-state index in [0.717, 1.165) is 44.2 Å². The van der Waals surface area contributed by atoms with Gasteiger partial charge in [0.2, 0.25) is 11.8 Å². The maximum absolute atomic E-state index is 12.5. The van der Waals surface area contributed by atoms with Gasteiger partial charge in [0.25, 0.3) is 0 Å².